The summed E-state index contributed by atoms with van der Waals surface area (Å²) in [5, 5.41) is 1.32. The van der Waals surface area contributed by atoms with Gasteiger partial charge >= 0.3 is 0 Å². The van der Waals surface area contributed by atoms with Gasteiger partial charge in [-0.25, -0.2) is 0 Å². The first-order valence-electron chi connectivity index (χ1n) is 6.09. The van der Waals surface area contributed by atoms with Gasteiger partial charge in [-0.1, -0.05) is 6.07 Å². The molecule has 2 nitrogen and oxygen atoms in total. The number of nitrogens with two attached hydrogens (primary N) is 1. The van der Waals surface area contributed by atoms with Gasteiger partial charge in [0.2, 0.25) is 0 Å². The van der Waals surface area contributed by atoms with Crippen LogP contribution in [-0.2, 0) is 12.6 Å². The summed E-state index contributed by atoms with van der Waals surface area (Å²) in [7, 11) is 2.12. The number of hydrogen-bond donors (Lipinski definition) is 1. The highest BCUT2D eigenvalue weighted by atomic mass is 15.0. The van der Waals surface area contributed by atoms with Crippen LogP contribution in [0.25, 0.3) is 10.9 Å². The molecular weight excluding hydrogens is 208 g/mol. The topological polar surface area (TPSA) is 30.9 Å². The summed E-state index contributed by atoms with van der Waals surface area (Å²) in [5.41, 5.74) is 12.5. The predicted molar refractivity (Wildman–Crippen MR) is 74.3 cm³/mol. The van der Waals surface area contributed by atoms with Gasteiger partial charge in [-0.2, -0.15) is 0 Å². The van der Waals surface area contributed by atoms with Gasteiger partial charge < -0.3 is 10.3 Å². The number of aromatic nitrogens is 1. The Bertz CT molecular complexity index is 583. The molecule has 0 atom stereocenters. The van der Waals surface area contributed by atoms with Gasteiger partial charge in [-0.15, -0.1) is 0 Å². The van der Waals surface area contributed by atoms with E-state index in [0.29, 0.717) is 0 Å². The minimum absolute atomic E-state index is 0.302. The number of benzene rings is 1. The molecule has 1 aromatic carbocycles. The van der Waals surface area contributed by atoms with Crippen LogP contribution in [0.4, 0.5) is 0 Å². The molecule has 0 bridgehead atoms. The molecule has 0 radical (unpaired) electrons. The molecule has 0 fully saturated rings. The summed E-state index contributed by atoms with van der Waals surface area (Å²) in [6.45, 7) is 10.6. The minimum Gasteiger partial charge on any atom is -0.348 e. The molecule has 0 saturated carbocycles. The molecule has 2 aromatic rings. The number of hydrogen-bond acceptors (Lipinski definition) is 1. The summed E-state index contributed by atoms with van der Waals surface area (Å²) in [4.78, 5) is 0. The van der Waals surface area contributed by atoms with Crippen molar-refractivity contribution in [2.45, 2.75) is 40.2 Å². The molecule has 0 amide bonds. The predicted octanol–water partition coefficient (Wildman–Crippen LogP) is 3.30. The lowest BCUT2D eigenvalue weighted by atomic mass is 9.90. The molecule has 2 N–H and O–H groups in total. The lowest BCUT2D eigenvalue weighted by Gasteiger charge is -2.20. The molecule has 92 valence electrons. The fourth-order valence-electron chi connectivity index (χ4n) is 2.85. The fraction of sp³-hybridized carbons (Fsp3) is 0.467. The van der Waals surface area contributed by atoms with Gasteiger partial charge in [-0.05, 0) is 51.8 Å². The Balaban J connectivity index is 2.99. The molecule has 0 aliphatic carbocycles. The van der Waals surface area contributed by atoms with Gasteiger partial charge in [0.25, 0.3) is 0 Å². The van der Waals surface area contributed by atoms with Crippen LogP contribution < -0.4 is 5.73 Å². The Labute approximate surface area is 103 Å². The third-order valence-electron chi connectivity index (χ3n) is 3.58. The molecule has 0 aliphatic rings. The first kappa shape index (κ1) is 12.2. The maximum absolute atomic E-state index is 6.33. The first-order valence-corrected chi connectivity index (χ1v) is 6.09. The van der Waals surface area contributed by atoms with Crippen molar-refractivity contribution in [3.8, 4) is 0 Å². The minimum atomic E-state index is -0.302. The van der Waals surface area contributed by atoms with Crippen molar-refractivity contribution >= 4 is 10.9 Å². The molecule has 17 heavy (non-hydrogen) atoms. The normalized spacial score (nSPS) is 12.4. The van der Waals surface area contributed by atoms with Crippen molar-refractivity contribution in [1.82, 2.24) is 4.57 Å². The standard InChI is InChI=1S/C15H22N2/c1-9-7-10(2)13-12(8-9)17(6)11(3)14(13)15(4,5)16/h7-8H,16H2,1-6H3. The molecule has 2 heteroatoms. The quantitative estimate of drug-likeness (QED) is 0.800. The molecule has 0 spiro atoms. The molecule has 1 heterocycles. The zero-order valence-corrected chi connectivity index (χ0v) is 11.7. The van der Waals surface area contributed by atoms with Crippen molar-refractivity contribution < 1.29 is 0 Å². The second kappa shape index (κ2) is 3.61. The SMILES string of the molecule is Cc1cc(C)c2c(C(C)(C)N)c(C)n(C)c2c1. The van der Waals surface area contributed by atoms with Crippen LogP contribution in [0.5, 0.6) is 0 Å². The third-order valence-corrected chi connectivity index (χ3v) is 3.58. The van der Waals surface area contributed by atoms with Crippen LogP contribution in [0.2, 0.25) is 0 Å². The smallest absolute Gasteiger partial charge is 0.0488 e. The van der Waals surface area contributed by atoms with Crippen LogP contribution in [0.15, 0.2) is 12.1 Å². The van der Waals surface area contributed by atoms with Gasteiger partial charge in [0.15, 0.2) is 0 Å². The molecule has 1 aromatic heterocycles. The van der Waals surface area contributed by atoms with E-state index in [4.69, 9.17) is 5.73 Å². The van der Waals surface area contributed by atoms with E-state index in [9.17, 15) is 0 Å². The second-order valence-electron chi connectivity index (χ2n) is 5.72. The molecule has 2 rings (SSSR count). The Morgan fingerprint density at radius 3 is 2.24 bits per heavy atom. The van der Waals surface area contributed by atoms with E-state index in [1.54, 1.807) is 0 Å². The first-order chi connectivity index (χ1) is 7.73. The van der Waals surface area contributed by atoms with Crippen molar-refractivity contribution in [2.75, 3.05) is 0 Å². The average Bonchev–Trinajstić information content (AvgIpc) is 2.41. The monoisotopic (exact) mass is 230 g/mol. The van der Waals surface area contributed by atoms with Crippen molar-refractivity contribution in [1.29, 1.82) is 0 Å². The van der Waals surface area contributed by atoms with Crippen molar-refractivity contribution in [3.63, 3.8) is 0 Å². The van der Waals surface area contributed by atoms with E-state index >= 15 is 0 Å². The zero-order chi connectivity index (χ0) is 13.0. The molecule has 0 aliphatic heterocycles. The number of rotatable bonds is 1. The van der Waals surface area contributed by atoms with Gasteiger partial charge in [0.05, 0.1) is 0 Å². The highest BCUT2D eigenvalue weighted by molar-refractivity contribution is 5.90. The molecule has 0 unspecified atom stereocenters. The Kier molecular flexibility index (Phi) is 2.58. The summed E-state index contributed by atoms with van der Waals surface area (Å²) < 4.78 is 2.25. The highest BCUT2D eigenvalue weighted by Crippen LogP contribution is 2.34. The van der Waals surface area contributed by atoms with Crippen LogP contribution >= 0.6 is 0 Å². The Morgan fingerprint density at radius 1 is 1.12 bits per heavy atom. The highest BCUT2D eigenvalue weighted by Gasteiger charge is 2.24. The van der Waals surface area contributed by atoms with E-state index in [-0.39, 0.29) is 5.54 Å². The summed E-state index contributed by atoms with van der Waals surface area (Å²) >= 11 is 0. The van der Waals surface area contributed by atoms with Crippen LogP contribution in [0, 0.1) is 20.8 Å². The van der Waals surface area contributed by atoms with E-state index in [0.717, 1.165) is 0 Å². The fourth-order valence-corrected chi connectivity index (χ4v) is 2.85. The Hall–Kier alpha value is -1.28. The summed E-state index contributed by atoms with van der Waals surface area (Å²) in [5.74, 6) is 0. The van der Waals surface area contributed by atoms with E-state index in [2.05, 4.69) is 58.4 Å². The van der Waals surface area contributed by atoms with Crippen LogP contribution in [0.3, 0.4) is 0 Å². The second-order valence-corrected chi connectivity index (χ2v) is 5.72. The average molecular weight is 230 g/mol. The summed E-state index contributed by atoms with van der Waals surface area (Å²) in [6, 6.07) is 4.47. The maximum atomic E-state index is 6.33. The van der Waals surface area contributed by atoms with E-state index in [1.165, 1.54) is 33.3 Å². The van der Waals surface area contributed by atoms with Crippen LogP contribution in [-0.4, -0.2) is 4.57 Å². The third kappa shape index (κ3) is 1.77. The lowest BCUT2D eigenvalue weighted by molar-refractivity contribution is 0.552. The molecular formula is C15H22N2. The van der Waals surface area contributed by atoms with Crippen molar-refractivity contribution in [2.24, 2.45) is 12.8 Å². The van der Waals surface area contributed by atoms with Gasteiger partial charge in [0, 0.05) is 34.7 Å². The number of nitrogens with zero attached hydrogens (tertiary/aromatic N) is 1. The van der Waals surface area contributed by atoms with Gasteiger partial charge in [0.1, 0.15) is 0 Å². The Morgan fingerprint density at radius 2 is 1.71 bits per heavy atom. The van der Waals surface area contributed by atoms with E-state index in [1.807, 2.05) is 0 Å². The maximum Gasteiger partial charge on any atom is 0.0488 e. The summed E-state index contributed by atoms with van der Waals surface area (Å²) in [6.07, 6.45) is 0. The lowest BCUT2D eigenvalue weighted by Crippen LogP contribution is -2.29. The van der Waals surface area contributed by atoms with Crippen LogP contribution in [0.1, 0.15) is 36.2 Å². The zero-order valence-electron chi connectivity index (χ0n) is 11.7. The molecule has 0 saturated heterocycles. The van der Waals surface area contributed by atoms with Gasteiger partial charge in [-0.3, -0.25) is 0 Å². The number of aryl methyl sites for hydroxylation is 3. The largest absolute Gasteiger partial charge is 0.348 e. The van der Waals surface area contributed by atoms with E-state index < -0.39 is 0 Å². The van der Waals surface area contributed by atoms with Crippen molar-refractivity contribution in [3.05, 3.63) is 34.5 Å². The number of fused-ring (bicyclic) bond motifs is 1.